The van der Waals surface area contributed by atoms with E-state index in [2.05, 4.69) is 29.4 Å². The maximum Gasteiger partial charge on any atom is 0.266 e. The van der Waals surface area contributed by atoms with Crippen molar-refractivity contribution in [2.24, 2.45) is 0 Å². The highest BCUT2D eigenvalue weighted by Crippen LogP contribution is 2.30. The van der Waals surface area contributed by atoms with E-state index in [1.807, 2.05) is 6.07 Å². The van der Waals surface area contributed by atoms with Crippen molar-refractivity contribution in [1.29, 1.82) is 0 Å². The molecular weight excluding hydrogens is 403 g/mol. The zero-order valence-electron chi connectivity index (χ0n) is 15.1. The first-order valence-electron chi connectivity index (χ1n) is 8.78. The van der Waals surface area contributed by atoms with Crippen LogP contribution in [0.1, 0.15) is 32.3 Å². The number of unbranched alkanes of at least 4 members (excludes halogenated alkanes) is 1. The van der Waals surface area contributed by atoms with E-state index in [0.29, 0.717) is 20.9 Å². The summed E-state index contributed by atoms with van der Waals surface area (Å²) in [6.07, 6.45) is 2.66. The van der Waals surface area contributed by atoms with Gasteiger partial charge in [0, 0.05) is 5.02 Å². The summed E-state index contributed by atoms with van der Waals surface area (Å²) in [4.78, 5) is 16.9. The number of fused-ring (bicyclic) bond motifs is 1. The molecule has 7 heteroatoms. The molecule has 0 saturated carbocycles. The fourth-order valence-corrected chi connectivity index (χ4v) is 3.97. The Hall–Kier alpha value is -1.82. The van der Waals surface area contributed by atoms with Gasteiger partial charge in [-0.2, -0.15) is 0 Å². The molecule has 0 radical (unpaired) electrons. The van der Waals surface area contributed by atoms with Crippen molar-refractivity contribution in [2.45, 2.75) is 39.2 Å². The zero-order chi connectivity index (χ0) is 19.4. The van der Waals surface area contributed by atoms with Gasteiger partial charge in [0.05, 0.1) is 15.2 Å². The van der Waals surface area contributed by atoms with E-state index in [1.165, 1.54) is 16.9 Å². The number of rotatable bonds is 7. The molecule has 1 heterocycles. The van der Waals surface area contributed by atoms with Crippen molar-refractivity contribution in [1.82, 2.24) is 4.98 Å². The van der Waals surface area contributed by atoms with E-state index in [1.54, 1.807) is 25.1 Å². The van der Waals surface area contributed by atoms with Crippen LogP contribution in [0, 0.1) is 0 Å². The molecule has 4 nitrogen and oxygen atoms in total. The van der Waals surface area contributed by atoms with Crippen LogP contribution in [0.15, 0.2) is 36.4 Å². The molecule has 3 aromatic rings. The molecule has 3 rings (SSSR count). The maximum atomic E-state index is 12.4. The second-order valence-electron chi connectivity index (χ2n) is 6.25. The summed E-state index contributed by atoms with van der Waals surface area (Å²) >= 11 is 13.4. The topological polar surface area (TPSA) is 51.2 Å². The summed E-state index contributed by atoms with van der Waals surface area (Å²) in [7, 11) is 0. The third-order valence-corrected chi connectivity index (χ3v) is 5.53. The van der Waals surface area contributed by atoms with E-state index in [0.717, 1.165) is 29.5 Å². The molecule has 0 aliphatic rings. The molecule has 2 aromatic carbocycles. The maximum absolute atomic E-state index is 12.4. The van der Waals surface area contributed by atoms with E-state index < -0.39 is 6.10 Å². The molecule has 0 aliphatic heterocycles. The van der Waals surface area contributed by atoms with Crippen LogP contribution < -0.4 is 10.1 Å². The van der Waals surface area contributed by atoms with Gasteiger partial charge < -0.3 is 4.74 Å². The number of nitrogens with one attached hydrogen (secondary N) is 1. The Bertz CT molecular complexity index is 958. The number of aryl methyl sites for hydroxylation is 1. The van der Waals surface area contributed by atoms with E-state index in [9.17, 15) is 4.79 Å². The standard InChI is InChI=1S/C20H20Cl2N2O2S/c1-3-4-5-13-6-8-16-18(10-13)27-20(23-16)24-19(25)12(2)26-17-9-7-14(21)11-15(17)22/h6-12H,3-5H2,1-2H3,(H,23,24,25). The molecule has 0 aliphatic carbocycles. The van der Waals surface area contributed by atoms with Gasteiger partial charge in [0.2, 0.25) is 0 Å². The lowest BCUT2D eigenvalue weighted by atomic mass is 10.1. The van der Waals surface area contributed by atoms with Crippen molar-refractivity contribution in [3.05, 3.63) is 52.0 Å². The first kappa shape index (κ1) is 19.9. The highest BCUT2D eigenvalue weighted by Gasteiger charge is 2.18. The normalized spacial score (nSPS) is 12.1. The number of carbonyl (C=O) groups is 1. The first-order valence-corrected chi connectivity index (χ1v) is 10.4. The molecule has 0 bridgehead atoms. The lowest BCUT2D eigenvalue weighted by Gasteiger charge is -2.14. The van der Waals surface area contributed by atoms with Crippen molar-refractivity contribution in [3.63, 3.8) is 0 Å². The smallest absolute Gasteiger partial charge is 0.266 e. The summed E-state index contributed by atoms with van der Waals surface area (Å²) in [5, 5.41) is 4.25. The van der Waals surface area contributed by atoms with Crippen LogP contribution in [-0.2, 0) is 11.2 Å². The Morgan fingerprint density at radius 1 is 1.26 bits per heavy atom. The Labute approximate surface area is 172 Å². The average Bonchev–Trinajstić information content (AvgIpc) is 3.03. The molecule has 27 heavy (non-hydrogen) atoms. The Balaban J connectivity index is 1.67. The Kier molecular flexibility index (Phi) is 6.58. The number of aromatic nitrogens is 1. The molecule has 0 saturated heterocycles. The molecule has 1 aromatic heterocycles. The number of hydrogen-bond donors (Lipinski definition) is 1. The fourth-order valence-electron chi connectivity index (χ4n) is 2.58. The van der Waals surface area contributed by atoms with Crippen LogP contribution in [0.4, 0.5) is 5.13 Å². The van der Waals surface area contributed by atoms with Gasteiger partial charge in [-0.05, 0) is 55.7 Å². The van der Waals surface area contributed by atoms with Gasteiger partial charge >= 0.3 is 0 Å². The van der Waals surface area contributed by atoms with Crippen molar-refractivity contribution >= 4 is 55.8 Å². The second-order valence-corrected chi connectivity index (χ2v) is 8.12. The molecule has 0 spiro atoms. The van der Waals surface area contributed by atoms with Crippen LogP contribution in [0.25, 0.3) is 10.2 Å². The summed E-state index contributed by atoms with van der Waals surface area (Å²) in [5.74, 6) is 0.125. The molecule has 1 N–H and O–H groups in total. The van der Waals surface area contributed by atoms with Gasteiger partial charge in [-0.15, -0.1) is 0 Å². The number of amides is 1. The number of benzene rings is 2. The SMILES string of the molecule is CCCCc1ccc2nc(NC(=O)C(C)Oc3ccc(Cl)cc3Cl)sc2c1. The number of anilines is 1. The summed E-state index contributed by atoms with van der Waals surface area (Å²) in [6.45, 7) is 3.84. The lowest BCUT2D eigenvalue weighted by molar-refractivity contribution is -0.122. The molecular formula is C20H20Cl2N2O2S. The number of ether oxygens (including phenoxy) is 1. The van der Waals surface area contributed by atoms with Gasteiger partial charge in [-0.1, -0.05) is 53.9 Å². The highest BCUT2D eigenvalue weighted by atomic mass is 35.5. The zero-order valence-corrected chi connectivity index (χ0v) is 17.4. The minimum absolute atomic E-state index is 0.286. The molecule has 0 fully saturated rings. The second kappa shape index (κ2) is 8.91. The fraction of sp³-hybridized carbons (Fsp3) is 0.300. The van der Waals surface area contributed by atoms with Gasteiger partial charge in [-0.3, -0.25) is 10.1 Å². The summed E-state index contributed by atoms with van der Waals surface area (Å²) in [5.41, 5.74) is 2.17. The minimum atomic E-state index is -0.726. The Morgan fingerprint density at radius 2 is 2.07 bits per heavy atom. The van der Waals surface area contributed by atoms with Gasteiger partial charge in [0.1, 0.15) is 5.75 Å². The number of thiazole rings is 1. The predicted molar refractivity (Wildman–Crippen MR) is 113 cm³/mol. The summed E-state index contributed by atoms with van der Waals surface area (Å²) in [6, 6.07) is 11.1. The third-order valence-electron chi connectivity index (χ3n) is 4.07. The molecule has 1 atom stereocenters. The highest BCUT2D eigenvalue weighted by molar-refractivity contribution is 7.22. The van der Waals surface area contributed by atoms with E-state index in [4.69, 9.17) is 27.9 Å². The van der Waals surface area contributed by atoms with Crippen molar-refractivity contribution < 1.29 is 9.53 Å². The van der Waals surface area contributed by atoms with E-state index >= 15 is 0 Å². The van der Waals surface area contributed by atoms with Crippen LogP contribution >= 0.6 is 34.5 Å². The lowest BCUT2D eigenvalue weighted by Crippen LogP contribution is -2.30. The monoisotopic (exact) mass is 422 g/mol. The molecule has 1 amide bonds. The van der Waals surface area contributed by atoms with E-state index in [-0.39, 0.29) is 5.91 Å². The summed E-state index contributed by atoms with van der Waals surface area (Å²) < 4.78 is 6.71. The average molecular weight is 423 g/mol. The minimum Gasteiger partial charge on any atom is -0.479 e. The Morgan fingerprint density at radius 3 is 2.81 bits per heavy atom. The van der Waals surface area contributed by atoms with Crippen LogP contribution in [0.2, 0.25) is 10.0 Å². The third kappa shape index (κ3) is 5.12. The quantitative estimate of drug-likeness (QED) is 0.482. The van der Waals surface area contributed by atoms with Crippen molar-refractivity contribution in [2.75, 3.05) is 5.32 Å². The molecule has 1 unspecified atom stereocenters. The number of carbonyl (C=O) groups excluding carboxylic acids is 1. The number of halogens is 2. The molecule has 142 valence electrons. The first-order chi connectivity index (χ1) is 13.0. The van der Waals surface area contributed by atoms with Crippen LogP contribution in [-0.4, -0.2) is 17.0 Å². The largest absolute Gasteiger partial charge is 0.479 e. The number of nitrogens with zero attached hydrogens (tertiary/aromatic N) is 1. The van der Waals surface area contributed by atoms with Crippen LogP contribution in [0.3, 0.4) is 0 Å². The predicted octanol–water partition coefficient (Wildman–Crippen LogP) is 6.35. The van der Waals surface area contributed by atoms with Crippen molar-refractivity contribution in [3.8, 4) is 5.75 Å². The van der Waals surface area contributed by atoms with Gasteiger partial charge in [0.15, 0.2) is 11.2 Å². The number of hydrogen-bond acceptors (Lipinski definition) is 4. The van der Waals surface area contributed by atoms with Gasteiger partial charge in [0.25, 0.3) is 5.91 Å². The van der Waals surface area contributed by atoms with Crippen LogP contribution in [0.5, 0.6) is 5.75 Å². The van der Waals surface area contributed by atoms with Gasteiger partial charge in [-0.25, -0.2) is 4.98 Å².